The second-order valence-electron chi connectivity index (χ2n) is 9.01. The number of halogens is 6. The van der Waals surface area contributed by atoms with Crippen LogP contribution in [0.2, 0.25) is 0 Å². The molecule has 3 heterocycles. The van der Waals surface area contributed by atoms with E-state index < -0.39 is 24.3 Å². The summed E-state index contributed by atoms with van der Waals surface area (Å²) >= 11 is 0. The Hall–Kier alpha value is -2.13. The van der Waals surface area contributed by atoms with Crippen LogP contribution in [0.3, 0.4) is 0 Å². The molecule has 0 bridgehead atoms. The molecule has 0 aromatic heterocycles. The molecule has 36 heavy (non-hydrogen) atoms. The van der Waals surface area contributed by atoms with E-state index in [0.717, 1.165) is 51.5 Å². The van der Waals surface area contributed by atoms with Gasteiger partial charge in [-0.3, -0.25) is 9.69 Å². The Morgan fingerprint density at radius 2 is 1.44 bits per heavy atom. The van der Waals surface area contributed by atoms with Crippen molar-refractivity contribution in [2.24, 2.45) is 5.92 Å². The first kappa shape index (κ1) is 31.9. The Kier molecular flexibility index (Phi) is 12.4. The number of alkyl halides is 6. The lowest BCUT2D eigenvalue weighted by molar-refractivity contribution is -0.193. The lowest BCUT2D eigenvalue weighted by Crippen LogP contribution is -2.54. The van der Waals surface area contributed by atoms with Gasteiger partial charge < -0.3 is 24.7 Å². The number of hydrogen-bond acceptors (Lipinski definition) is 6. The zero-order valence-corrected chi connectivity index (χ0v) is 20.1. The molecule has 0 aromatic rings. The highest BCUT2D eigenvalue weighted by atomic mass is 19.4. The van der Waals surface area contributed by atoms with Crippen molar-refractivity contribution >= 4 is 17.8 Å². The van der Waals surface area contributed by atoms with E-state index in [-0.39, 0.29) is 0 Å². The van der Waals surface area contributed by atoms with Gasteiger partial charge >= 0.3 is 24.3 Å². The number of likely N-dealkylation sites (tertiary alicyclic amines) is 2. The number of rotatable bonds is 5. The minimum atomic E-state index is -5.08. The monoisotopic (exact) mass is 537 g/mol. The molecule has 15 heteroatoms. The van der Waals surface area contributed by atoms with Crippen molar-refractivity contribution in [1.29, 1.82) is 0 Å². The van der Waals surface area contributed by atoms with Crippen LogP contribution >= 0.6 is 0 Å². The molecular weight excluding hydrogens is 504 g/mol. The number of carboxylic acid groups (broad SMARTS) is 2. The highest BCUT2D eigenvalue weighted by Gasteiger charge is 2.43. The van der Waals surface area contributed by atoms with Gasteiger partial charge in [-0.15, -0.1) is 0 Å². The van der Waals surface area contributed by atoms with Gasteiger partial charge in [0, 0.05) is 57.9 Å². The zero-order chi connectivity index (χ0) is 27.7. The van der Waals surface area contributed by atoms with Crippen LogP contribution in [0.15, 0.2) is 0 Å². The second kappa shape index (κ2) is 14.0. The molecule has 3 fully saturated rings. The molecule has 1 amide bonds. The normalized spacial score (nSPS) is 23.4. The number of carbonyl (C=O) groups is 3. The van der Waals surface area contributed by atoms with Crippen LogP contribution in [0, 0.1) is 5.92 Å². The molecule has 0 radical (unpaired) electrons. The lowest BCUT2D eigenvalue weighted by atomic mass is 9.94. The van der Waals surface area contributed by atoms with E-state index in [0.29, 0.717) is 18.0 Å². The van der Waals surface area contributed by atoms with Crippen LogP contribution in [-0.2, 0) is 19.1 Å². The molecule has 3 rings (SSSR count). The van der Waals surface area contributed by atoms with Crippen molar-refractivity contribution in [3.63, 3.8) is 0 Å². The number of fused-ring (bicyclic) bond motifs is 1. The average molecular weight is 537 g/mol. The summed E-state index contributed by atoms with van der Waals surface area (Å²) in [5, 5.41) is 14.2. The van der Waals surface area contributed by atoms with Crippen LogP contribution in [0.5, 0.6) is 0 Å². The third-order valence-corrected chi connectivity index (χ3v) is 6.11. The SMILES string of the molecule is CN(C)CCN1C(=O)CC[C@@H]2[C@H]1CCN2CC1CCOCC1.O=C(O)C(F)(F)F.O=C(O)C(F)(F)F. The Morgan fingerprint density at radius 3 is 1.89 bits per heavy atom. The van der Waals surface area contributed by atoms with Crippen molar-refractivity contribution in [2.45, 2.75) is 56.5 Å². The number of nitrogens with zero attached hydrogens (tertiary/aromatic N) is 3. The number of ether oxygens (including phenoxy) is 1. The predicted octanol–water partition coefficient (Wildman–Crippen LogP) is 2.31. The number of aliphatic carboxylic acids is 2. The number of amides is 1. The van der Waals surface area contributed by atoms with Gasteiger partial charge in [0.05, 0.1) is 0 Å². The summed E-state index contributed by atoms with van der Waals surface area (Å²) in [6, 6.07) is 1.06. The maximum Gasteiger partial charge on any atom is 0.490 e. The molecule has 3 aliphatic rings. The fourth-order valence-corrected chi connectivity index (χ4v) is 4.32. The number of hydrogen-bond donors (Lipinski definition) is 2. The van der Waals surface area contributed by atoms with Gasteiger partial charge in [0.15, 0.2) is 0 Å². The van der Waals surface area contributed by atoms with Crippen molar-refractivity contribution < 1.29 is 55.7 Å². The number of likely N-dealkylation sites (N-methyl/N-ethyl adjacent to an activating group) is 1. The Bertz CT molecular complexity index is 704. The Balaban J connectivity index is 0.000000383. The summed E-state index contributed by atoms with van der Waals surface area (Å²) in [4.78, 5) is 37.1. The van der Waals surface area contributed by atoms with E-state index in [4.69, 9.17) is 24.5 Å². The van der Waals surface area contributed by atoms with E-state index in [1.165, 1.54) is 25.9 Å². The van der Waals surface area contributed by atoms with Gasteiger partial charge in [-0.2, -0.15) is 26.3 Å². The molecular formula is C21H33F6N3O6. The van der Waals surface area contributed by atoms with Crippen LogP contribution in [0.1, 0.15) is 32.1 Å². The number of carboxylic acids is 2. The van der Waals surface area contributed by atoms with Crippen molar-refractivity contribution in [3.05, 3.63) is 0 Å². The van der Waals surface area contributed by atoms with Gasteiger partial charge in [-0.05, 0) is 45.7 Å². The number of carbonyl (C=O) groups excluding carboxylic acids is 1. The third kappa shape index (κ3) is 10.9. The number of piperidine rings is 1. The van der Waals surface area contributed by atoms with E-state index in [1.807, 2.05) is 0 Å². The van der Waals surface area contributed by atoms with Gasteiger partial charge in [-0.25, -0.2) is 9.59 Å². The summed E-state index contributed by atoms with van der Waals surface area (Å²) in [7, 11) is 4.16. The summed E-state index contributed by atoms with van der Waals surface area (Å²) in [5.41, 5.74) is 0. The lowest BCUT2D eigenvalue weighted by Gasteiger charge is -2.41. The predicted molar refractivity (Wildman–Crippen MR) is 114 cm³/mol. The van der Waals surface area contributed by atoms with Crippen LogP contribution < -0.4 is 0 Å². The smallest absolute Gasteiger partial charge is 0.475 e. The van der Waals surface area contributed by atoms with Crippen molar-refractivity contribution in [2.75, 3.05) is 53.5 Å². The molecule has 0 saturated carbocycles. The first-order valence-electron chi connectivity index (χ1n) is 11.4. The van der Waals surface area contributed by atoms with E-state index >= 15 is 0 Å². The van der Waals surface area contributed by atoms with Crippen molar-refractivity contribution in [3.8, 4) is 0 Å². The molecule has 3 aliphatic heterocycles. The fraction of sp³-hybridized carbons (Fsp3) is 0.857. The standard InChI is InChI=1S/C17H31N3O2.2C2HF3O2/c1-18(2)9-10-20-16-5-8-19(15(16)3-4-17(20)21)13-14-6-11-22-12-7-14;2*3-2(4,5)1(6)7/h14-16H,3-13H2,1-2H3;2*(H,6,7)/t15-,16-;;/m1../s1. The Morgan fingerprint density at radius 1 is 0.944 bits per heavy atom. The van der Waals surface area contributed by atoms with Crippen molar-refractivity contribution in [1.82, 2.24) is 14.7 Å². The van der Waals surface area contributed by atoms with Gasteiger partial charge in [0.25, 0.3) is 0 Å². The minimum absolute atomic E-state index is 0.371. The molecule has 2 atom stereocenters. The fourth-order valence-electron chi connectivity index (χ4n) is 4.32. The maximum atomic E-state index is 12.3. The first-order valence-corrected chi connectivity index (χ1v) is 11.4. The minimum Gasteiger partial charge on any atom is -0.475 e. The van der Waals surface area contributed by atoms with E-state index in [2.05, 4.69) is 28.8 Å². The topological polar surface area (TPSA) is 111 Å². The molecule has 0 spiro atoms. The summed E-state index contributed by atoms with van der Waals surface area (Å²) < 4.78 is 69.0. The molecule has 210 valence electrons. The van der Waals surface area contributed by atoms with Crippen LogP contribution in [-0.4, -0.2) is 121 Å². The average Bonchev–Trinajstić information content (AvgIpc) is 3.16. The molecule has 0 aliphatic carbocycles. The maximum absolute atomic E-state index is 12.3. The molecule has 0 aromatic carbocycles. The summed E-state index contributed by atoms with van der Waals surface area (Å²) in [6.45, 7) is 6.09. The largest absolute Gasteiger partial charge is 0.490 e. The highest BCUT2D eigenvalue weighted by Crippen LogP contribution is 2.32. The molecule has 2 N–H and O–H groups in total. The van der Waals surface area contributed by atoms with Crippen LogP contribution in [0.25, 0.3) is 0 Å². The molecule has 3 saturated heterocycles. The quantitative estimate of drug-likeness (QED) is 0.515. The highest BCUT2D eigenvalue weighted by molar-refractivity contribution is 5.77. The summed E-state index contributed by atoms with van der Waals surface area (Å²) in [5.74, 6) is -4.35. The zero-order valence-electron chi connectivity index (χ0n) is 20.1. The molecule has 9 nitrogen and oxygen atoms in total. The second-order valence-corrected chi connectivity index (χ2v) is 9.01. The first-order chi connectivity index (χ1) is 16.5. The van der Waals surface area contributed by atoms with E-state index in [1.54, 1.807) is 0 Å². The third-order valence-electron chi connectivity index (χ3n) is 6.11. The van der Waals surface area contributed by atoms with Crippen LogP contribution in [0.4, 0.5) is 26.3 Å². The van der Waals surface area contributed by atoms with E-state index in [9.17, 15) is 31.1 Å². The van der Waals surface area contributed by atoms with Gasteiger partial charge in [0.1, 0.15) is 0 Å². The van der Waals surface area contributed by atoms with Gasteiger partial charge in [-0.1, -0.05) is 0 Å². The Labute approximate surface area is 204 Å². The molecule has 0 unspecified atom stereocenters. The summed E-state index contributed by atoms with van der Waals surface area (Å²) in [6.07, 6.45) is -4.80. The van der Waals surface area contributed by atoms with Gasteiger partial charge in [0.2, 0.25) is 5.91 Å².